The minimum atomic E-state index is 0.0648. The number of rotatable bonds is 1. The minimum absolute atomic E-state index is 0.0648. The van der Waals surface area contributed by atoms with E-state index in [-0.39, 0.29) is 18.1 Å². The van der Waals surface area contributed by atoms with Crippen molar-refractivity contribution in [1.29, 1.82) is 0 Å². The van der Waals surface area contributed by atoms with Crippen LogP contribution in [0.4, 0.5) is 0 Å². The molecule has 0 radical (unpaired) electrons. The molecule has 2 bridgehead atoms. The van der Waals surface area contributed by atoms with Gasteiger partial charge in [-0.2, -0.15) is 0 Å². The zero-order chi connectivity index (χ0) is 11.1. The SMILES string of the molecule is O=C1CCN(C2CN3CCC2CC3)C(=O)C1. The van der Waals surface area contributed by atoms with Crippen molar-refractivity contribution in [1.82, 2.24) is 9.80 Å². The highest BCUT2D eigenvalue weighted by Gasteiger charge is 2.40. The highest BCUT2D eigenvalue weighted by atomic mass is 16.2. The van der Waals surface area contributed by atoms with Gasteiger partial charge >= 0.3 is 0 Å². The molecular formula is C12H18N2O2. The first-order valence-corrected chi connectivity index (χ1v) is 6.27. The third kappa shape index (κ3) is 1.65. The summed E-state index contributed by atoms with van der Waals surface area (Å²) in [5.41, 5.74) is 0. The summed E-state index contributed by atoms with van der Waals surface area (Å²) in [6.45, 7) is 4.08. The van der Waals surface area contributed by atoms with E-state index in [1.165, 1.54) is 25.9 Å². The summed E-state index contributed by atoms with van der Waals surface area (Å²) < 4.78 is 0. The summed E-state index contributed by atoms with van der Waals surface area (Å²) >= 11 is 0. The number of hydrogen-bond donors (Lipinski definition) is 0. The summed E-state index contributed by atoms with van der Waals surface area (Å²) in [7, 11) is 0. The monoisotopic (exact) mass is 222 g/mol. The van der Waals surface area contributed by atoms with E-state index in [9.17, 15) is 9.59 Å². The molecule has 4 heteroatoms. The molecule has 4 aliphatic rings. The third-order valence-electron chi connectivity index (χ3n) is 4.32. The summed E-state index contributed by atoms with van der Waals surface area (Å²) in [6.07, 6.45) is 3.16. The number of hydrogen-bond acceptors (Lipinski definition) is 3. The van der Waals surface area contributed by atoms with Crippen LogP contribution in [0.5, 0.6) is 0 Å². The third-order valence-corrected chi connectivity index (χ3v) is 4.32. The Bertz CT molecular complexity index is 321. The summed E-state index contributed by atoms with van der Waals surface area (Å²) in [5.74, 6) is 0.861. The topological polar surface area (TPSA) is 40.6 Å². The quantitative estimate of drug-likeness (QED) is 0.598. The maximum Gasteiger partial charge on any atom is 0.230 e. The number of nitrogens with zero attached hydrogens (tertiary/aromatic N) is 2. The molecule has 0 aromatic carbocycles. The van der Waals surface area contributed by atoms with Crippen LogP contribution < -0.4 is 0 Å². The molecule has 0 spiro atoms. The summed E-state index contributed by atoms with van der Waals surface area (Å²) in [5, 5.41) is 0. The smallest absolute Gasteiger partial charge is 0.230 e. The van der Waals surface area contributed by atoms with Crippen LogP contribution in [0.1, 0.15) is 25.7 Å². The zero-order valence-corrected chi connectivity index (χ0v) is 9.52. The van der Waals surface area contributed by atoms with Gasteiger partial charge in [0.15, 0.2) is 0 Å². The molecule has 4 saturated heterocycles. The van der Waals surface area contributed by atoms with Crippen LogP contribution in [0, 0.1) is 5.92 Å². The van der Waals surface area contributed by atoms with Crippen LogP contribution in [0.3, 0.4) is 0 Å². The maximum absolute atomic E-state index is 11.9. The minimum Gasteiger partial charge on any atom is -0.337 e. The van der Waals surface area contributed by atoms with E-state index in [1.807, 2.05) is 4.90 Å². The molecule has 4 aliphatic heterocycles. The molecule has 1 atom stereocenters. The van der Waals surface area contributed by atoms with Crippen LogP contribution in [0.15, 0.2) is 0 Å². The Kier molecular flexibility index (Phi) is 2.46. The fourth-order valence-corrected chi connectivity index (χ4v) is 3.37. The number of fused-ring (bicyclic) bond motifs is 3. The second kappa shape index (κ2) is 3.84. The fraction of sp³-hybridized carbons (Fsp3) is 0.833. The molecule has 1 unspecified atom stereocenters. The first-order chi connectivity index (χ1) is 7.74. The largest absolute Gasteiger partial charge is 0.337 e. The molecule has 0 N–H and O–H groups in total. The first kappa shape index (κ1) is 10.3. The van der Waals surface area contributed by atoms with Gasteiger partial charge in [0.25, 0.3) is 0 Å². The normalized spacial score (nSPS) is 39.2. The lowest BCUT2D eigenvalue weighted by molar-refractivity contribution is -0.145. The van der Waals surface area contributed by atoms with E-state index >= 15 is 0 Å². The van der Waals surface area contributed by atoms with Crippen molar-refractivity contribution in [2.75, 3.05) is 26.2 Å². The lowest BCUT2D eigenvalue weighted by Gasteiger charge is -2.49. The standard InChI is InChI=1S/C12H18N2O2/c15-10-3-6-14(12(16)7-10)11-8-13-4-1-9(11)2-5-13/h9,11H,1-8H2. The van der Waals surface area contributed by atoms with E-state index in [0.717, 1.165) is 6.54 Å². The number of Topliss-reactive ketones (excluding diaryl/α,β-unsaturated/α-hetero) is 1. The highest BCUT2D eigenvalue weighted by molar-refractivity contribution is 6.00. The molecule has 0 aromatic rings. The van der Waals surface area contributed by atoms with Crippen LogP contribution >= 0.6 is 0 Å². The van der Waals surface area contributed by atoms with Gasteiger partial charge in [0, 0.05) is 25.6 Å². The van der Waals surface area contributed by atoms with Crippen LogP contribution in [-0.2, 0) is 9.59 Å². The maximum atomic E-state index is 11.9. The molecule has 0 saturated carbocycles. The van der Waals surface area contributed by atoms with Gasteiger partial charge in [-0.1, -0.05) is 0 Å². The van der Waals surface area contributed by atoms with Crippen molar-refractivity contribution in [3.63, 3.8) is 0 Å². The fourth-order valence-electron chi connectivity index (χ4n) is 3.37. The Morgan fingerprint density at radius 1 is 1.06 bits per heavy atom. The van der Waals surface area contributed by atoms with Gasteiger partial charge in [-0.05, 0) is 31.8 Å². The van der Waals surface area contributed by atoms with Crippen molar-refractivity contribution >= 4 is 11.7 Å². The average molecular weight is 222 g/mol. The molecule has 4 rings (SSSR count). The number of amides is 1. The predicted molar refractivity (Wildman–Crippen MR) is 58.9 cm³/mol. The van der Waals surface area contributed by atoms with Gasteiger partial charge in [0.05, 0.1) is 6.42 Å². The zero-order valence-electron chi connectivity index (χ0n) is 9.52. The van der Waals surface area contributed by atoms with Crippen molar-refractivity contribution < 1.29 is 9.59 Å². The molecule has 88 valence electrons. The van der Waals surface area contributed by atoms with Crippen molar-refractivity contribution in [3.8, 4) is 0 Å². The molecule has 1 amide bonds. The second-order valence-electron chi connectivity index (χ2n) is 5.26. The van der Waals surface area contributed by atoms with Gasteiger partial charge in [-0.3, -0.25) is 9.59 Å². The molecular weight excluding hydrogens is 204 g/mol. The number of likely N-dealkylation sites (tertiary alicyclic amines) is 1. The highest BCUT2D eigenvalue weighted by Crippen LogP contribution is 2.32. The van der Waals surface area contributed by atoms with E-state index in [4.69, 9.17) is 0 Å². The summed E-state index contributed by atoms with van der Waals surface area (Å²) in [6, 6.07) is 0.392. The Balaban J connectivity index is 1.73. The molecule has 0 aromatic heterocycles. The van der Waals surface area contributed by atoms with Gasteiger partial charge in [0.1, 0.15) is 5.78 Å². The van der Waals surface area contributed by atoms with E-state index in [2.05, 4.69) is 4.90 Å². The Morgan fingerprint density at radius 3 is 2.38 bits per heavy atom. The van der Waals surface area contributed by atoms with Crippen molar-refractivity contribution in [2.45, 2.75) is 31.7 Å². The summed E-state index contributed by atoms with van der Waals surface area (Å²) in [4.78, 5) is 27.5. The van der Waals surface area contributed by atoms with Gasteiger partial charge < -0.3 is 9.80 Å². The number of ketones is 1. The van der Waals surface area contributed by atoms with Crippen molar-refractivity contribution in [2.24, 2.45) is 5.92 Å². The molecule has 4 heterocycles. The van der Waals surface area contributed by atoms with E-state index < -0.39 is 0 Å². The van der Waals surface area contributed by atoms with Crippen LogP contribution in [0.2, 0.25) is 0 Å². The molecule has 4 fully saturated rings. The number of carbonyl (C=O) groups is 2. The van der Waals surface area contributed by atoms with Crippen LogP contribution in [-0.4, -0.2) is 53.7 Å². The lowest BCUT2D eigenvalue weighted by atomic mass is 9.82. The predicted octanol–water partition coefficient (Wildman–Crippen LogP) is 0.272. The van der Waals surface area contributed by atoms with Gasteiger partial charge in [-0.25, -0.2) is 0 Å². The van der Waals surface area contributed by atoms with E-state index in [0.29, 0.717) is 24.9 Å². The average Bonchev–Trinajstić information content (AvgIpc) is 2.30. The van der Waals surface area contributed by atoms with E-state index in [1.54, 1.807) is 0 Å². The molecule has 16 heavy (non-hydrogen) atoms. The Morgan fingerprint density at radius 2 is 1.81 bits per heavy atom. The molecule has 0 aliphatic carbocycles. The van der Waals surface area contributed by atoms with Gasteiger partial charge in [0.2, 0.25) is 5.91 Å². The second-order valence-corrected chi connectivity index (χ2v) is 5.26. The van der Waals surface area contributed by atoms with Gasteiger partial charge in [-0.15, -0.1) is 0 Å². The Labute approximate surface area is 95.6 Å². The molecule has 4 nitrogen and oxygen atoms in total. The first-order valence-electron chi connectivity index (χ1n) is 6.27. The number of piperidine rings is 4. The van der Waals surface area contributed by atoms with Crippen LogP contribution in [0.25, 0.3) is 0 Å². The Hall–Kier alpha value is -0.900. The lowest BCUT2D eigenvalue weighted by Crippen LogP contribution is -2.60. The number of carbonyl (C=O) groups excluding carboxylic acids is 2. The van der Waals surface area contributed by atoms with Crippen molar-refractivity contribution in [3.05, 3.63) is 0 Å².